The van der Waals surface area contributed by atoms with E-state index in [4.69, 9.17) is 25.8 Å². The molecule has 0 fully saturated rings. The van der Waals surface area contributed by atoms with Crippen LogP contribution in [-0.2, 0) is 11.3 Å². The van der Waals surface area contributed by atoms with Crippen LogP contribution < -0.4 is 14.8 Å². The van der Waals surface area contributed by atoms with E-state index in [2.05, 4.69) is 12.2 Å². The topological polar surface area (TPSA) is 39.7 Å². The van der Waals surface area contributed by atoms with Crippen molar-refractivity contribution in [2.75, 3.05) is 26.9 Å². The molecule has 1 heterocycles. The van der Waals surface area contributed by atoms with E-state index in [1.54, 1.807) is 7.11 Å². The number of benzene rings is 1. The largest absolute Gasteiger partial charge is 0.486 e. The Bertz CT molecular complexity index is 425. The molecule has 19 heavy (non-hydrogen) atoms. The maximum atomic E-state index is 6.19. The number of rotatable bonds is 6. The van der Waals surface area contributed by atoms with E-state index in [0.717, 1.165) is 30.9 Å². The Hall–Kier alpha value is -0.970. The summed E-state index contributed by atoms with van der Waals surface area (Å²) in [6.45, 7) is 4.78. The number of ether oxygens (including phenoxy) is 3. The van der Waals surface area contributed by atoms with Crippen molar-refractivity contribution in [1.82, 2.24) is 5.32 Å². The molecule has 0 aliphatic carbocycles. The van der Waals surface area contributed by atoms with Crippen molar-refractivity contribution in [1.29, 1.82) is 0 Å². The zero-order valence-corrected chi connectivity index (χ0v) is 12.1. The van der Waals surface area contributed by atoms with Crippen molar-refractivity contribution in [2.24, 2.45) is 0 Å². The third-order valence-corrected chi connectivity index (χ3v) is 3.35. The smallest absolute Gasteiger partial charge is 0.179 e. The van der Waals surface area contributed by atoms with Crippen LogP contribution in [-0.4, -0.2) is 33.0 Å². The predicted molar refractivity (Wildman–Crippen MR) is 75.2 cm³/mol. The van der Waals surface area contributed by atoms with E-state index in [0.29, 0.717) is 30.0 Å². The number of hydrogen-bond donors (Lipinski definition) is 1. The maximum absolute atomic E-state index is 6.19. The van der Waals surface area contributed by atoms with Gasteiger partial charge in [0.1, 0.15) is 13.2 Å². The monoisotopic (exact) mass is 285 g/mol. The Balaban J connectivity index is 1.95. The van der Waals surface area contributed by atoms with Crippen molar-refractivity contribution in [3.05, 3.63) is 22.7 Å². The fourth-order valence-electron chi connectivity index (χ4n) is 1.96. The molecule has 0 amide bonds. The van der Waals surface area contributed by atoms with E-state index in [1.165, 1.54) is 0 Å². The molecule has 1 aliphatic rings. The van der Waals surface area contributed by atoms with Gasteiger partial charge in [-0.1, -0.05) is 11.6 Å². The van der Waals surface area contributed by atoms with Gasteiger partial charge in [0.25, 0.3) is 0 Å². The van der Waals surface area contributed by atoms with Gasteiger partial charge in [-0.3, -0.25) is 0 Å². The number of methoxy groups -OCH3 is 1. The second-order valence-corrected chi connectivity index (χ2v) is 5.07. The Morgan fingerprint density at radius 3 is 2.95 bits per heavy atom. The molecule has 1 unspecified atom stereocenters. The number of halogens is 1. The average molecular weight is 286 g/mol. The zero-order valence-electron chi connectivity index (χ0n) is 11.4. The van der Waals surface area contributed by atoms with Crippen LogP contribution in [0.3, 0.4) is 0 Å². The molecule has 106 valence electrons. The molecule has 1 atom stereocenters. The second-order valence-electron chi connectivity index (χ2n) is 4.67. The Morgan fingerprint density at radius 2 is 2.16 bits per heavy atom. The first kappa shape index (κ1) is 14.4. The van der Waals surface area contributed by atoms with Gasteiger partial charge in [0.2, 0.25) is 0 Å². The van der Waals surface area contributed by atoms with Gasteiger partial charge in [-0.2, -0.15) is 0 Å². The maximum Gasteiger partial charge on any atom is 0.179 e. The lowest BCUT2D eigenvalue weighted by molar-refractivity contribution is 0.171. The van der Waals surface area contributed by atoms with Crippen LogP contribution in [0.25, 0.3) is 0 Å². The van der Waals surface area contributed by atoms with Crippen molar-refractivity contribution >= 4 is 11.6 Å². The van der Waals surface area contributed by atoms with E-state index in [9.17, 15) is 0 Å². The first-order valence-electron chi connectivity index (χ1n) is 6.51. The van der Waals surface area contributed by atoms with Crippen LogP contribution in [0.2, 0.25) is 5.02 Å². The molecule has 0 saturated heterocycles. The first-order valence-corrected chi connectivity index (χ1v) is 6.89. The Kier molecular flexibility index (Phi) is 5.31. The molecule has 1 N–H and O–H groups in total. The van der Waals surface area contributed by atoms with Gasteiger partial charge in [-0.05, 0) is 31.0 Å². The molecule has 0 spiro atoms. The summed E-state index contributed by atoms with van der Waals surface area (Å²) in [6, 6.07) is 4.30. The van der Waals surface area contributed by atoms with Gasteiger partial charge in [0.05, 0.1) is 5.02 Å². The molecule has 1 aliphatic heterocycles. The predicted octanol–water partition coefficient (Wildman–Crippen LogP) is 2.63. The highest BCUT2D eigenvalue weighted by Gasteiger charge is 2.16. The molecule has 2 rings (SSSR count). The van der Waals surface area contributed by atoms with Crippen LogP contribution in [0.5, 0.6) is 11.5 Å². The van der Waals surface area contributed by atoms with Gasteiger partial charge in [-0.15, -0.1) is 0 Å². The fraction of sp³-hybridized carbons (Fsp3) is 0.571. The van der Waals surface area contributed by atoms with Gasteiger partial charge in [0.15, 0.2) is 11.5 Å². The summed E-state index contributed by atoms with van der Waals surface area (Å²) < 4.78 is 16.1. The van der Waals surface area contributed by atoms with Crippen molar-refractivity contribution in [2.45, 2.75) is 25.9 Å². The molecule has 1 aromatic carbocycles. The summed E-state index contributed by atoms with van der Waals surface area (Å²) in [5, 5.41) is 4.04. The normalized spacial score (nSPS) is 15.3. The minimum atomic E-state index is 0.395. The van der Waals surface area contributed by atoms with Gasteiger partial charge in [-0.25, -0.2) is 0 Å². The standard InChI is InChI=1S/C14H20ClNO3/c1-10(3-4-17-2)16-9-11-7-12(15)14-13(8-11)18-5-6-19-14/h7-8,10,16H,3-6,9H2,1-2H3. The lowest BCUT2D eigenvalue weighted by atomic mass is 10.1. The van der Waals surface area contributed by atoms with Crippen LogP contribution >= 0.6 is 11.6 Å². The summed E-state index contributed by atoms with van der Waals surface area (Å²) in [4.78, 5) is 0. The van der Waals surface area contributed by atoms with Crippen LogP contribution in [0.15, 0.2) is 12.1 Å². The lowest BCUT2D eigenvalue weighted by Gasteiger charge is -2.21. The minimum absolute atomic E-state index is 0.395. The average Bonchev–Trinajstić information content (AvgIpc) is 2.43. The molecule has 0 aromatic heterocycles. The highest BCUT2D eigenvalue weighted by Crippen LogP contribution is 2.38. The molecular formula is C14H20ClNO3. The molecule has 5 heteroatoms. The minimum Gasteiger partial charge on any atom is -0.486 e. The van der Waals surface area contributed by atoms with E-state index >= 15 is 0 Å². The summed E-state index contributed by atoms with van der Waals surface area (Å²) in [7, 11) is 1.72. The molecule has 0 saturated carbocycles. The SMILES string of the molecule is COCCC(C)NCc1cc(Cl)c2c(c1)OCCO2. The van der Waals surface area contributed by atoms with Gasteiger partial charge in [0, 0.05) is 26.3 Å². The lowest BCUT2D eigenvalue weighted by Crippen LogP contribution is -2.26. The summed E-state index contributed by atoms with van der Waals surface area (Å²) >= 11 is 6.19. The molecule has 0 bridgehead atoms. The second kappa shape index (κ2) is 6.98. The summed E-state index contributed by atoms with van der Waals surface area (Å²) in [6.07, 6.45) is 0.981. The molecule has 0 radical (unpaired) electrons. The van der Waals surface area contributed by atoms with Crippen molar-refractivity contribution < 1.29 is 14.2 Å². The molecular weight excluding hydrogens is 266 g/mol. The van der Waals surface area contributed by atoms with E-state index in [-0.39, 0.29) is 0 Å². The third kappa shape index (κ3) is 4.00. The molecule has 1 aromatic rings. The highest BCUT2D eigenvalue weighted by atomic mass is 35.5. The van der Waals surface area contributed by atoms with Crippen molar-refractivity contribution in [3.8, 4) is 11.5 Å². The Labute approximate surface area is 119 Å². The number of nitrogens with one attached hydrogen (secondary N) is 1. The quantitative estimate of drug-likeness (QED) is 0.872. The number of fused-ring (bicyclic) bond motifs is 1. The van der Waals surface area contributed by atoms with E-state index in [1.807, 2.05) is 12.1 Å². The van der Waals surface area contributed by atoms with Crippen LogP contribution in [0, 0.1) is 0 Å². The van der Waals surface area contributed by atoms with Crippen molar-refractivity contribution in [3.63, 3.8) is 0 Å². The third-order valence-electron chi connectivity index (χ3n) is 3.07. The van der Waals surface area contributed by atoms with Crippen LogP contribution in [0.4, 0.5) is 0 Å². The van der Waals surface area contributed by atoms with E-state index < -0.39 is 0 Å². The zero-order chi connectivity index (χ0) is 13.7. The van der Waals surface area contributed by atoms with Crippen LogP contribution in [0.1, 0.15) is 18.9 Å². The van der Waals surface area contributed by atoms with Gasteiger partial charge < -0.3 is 19.5 Å². The Morgan fingerprint density at radius 1 is 1.37 bits per heavy atom. The fourth-order valence-corrected chi connectivity index (χ4v) is 2.24. The first-order chi connectivity index (χ1) is 9.20. The summed E-state index contributed by atoms with van der Waals surface area (Å²) in [5.41, 5.74) is 1.10. The summed E-state index contributed by atoms with van der Waals surface area (Å²) in [5.74, 6) is 1.39. The van der Waals surface area contributed by atoms with Gasteiger partial charge >= 0.3 is 0 Å². The number of hydrogen-bond acceptors (Lipinski definition) is 4. The molecule has 4 nitrogen and oxygen atoms in total. The highest BCUT2D eigenvalue weighted by molar-refractivity contribution is 6.32.